The van der Waals surface area contributed by atoms with E-state index in [9.17, 15) is 15.0 Å². The van der Waals surface area contributed by atoms with Gasteiger partial charge < -0.3 is 19.7 Å². The highest BCUT2D eigenvalue weighted by molar-refractivity contribution is 5.89. The highest BCUT2D eigenvalue weighted by Crippen LogP contribution is 2.11. The Balaban J connectivity index is 2.51. The second-order valence-corrected chi connectivity index (χ2v) is 5.20. The lowest BCUT2D eigenvalue weighted by Crippen LogP contribution is -2.42. The van der Waals surface area contributed by atoms with Crippen molar-refractivity contribution in [2.75, 3.05) is 13.2 Å². The van der Waals surface area contributed by atoms with Crippen LogP contribution in [0.1, 0.15) is 43.5 Å². The molecule has 1 aromatic carbocycles. The maximum absolute atomic E-state index is 11.8. The summed E-state index contributed by atoms with van der Waals surface area (Å²) >= 11 is 0. The molecule has 0 aromatic heterocycles. The molecule has 0 radical (unpaired) electrons. The van der Waals surface area contributed by atoms with E-state index in [-0.39, 0.29) is 6.61 Å². The molecule has 0 amide bonds. The van der Waals surface area contributed by atoms with Crippen molar-refractivity contribution in [2.45, 2.75) is 51.4 Å². The second kappa shape index (κ2) is 10.3. The molecule has 0 aliphatic heterocycles. The number of benzene rings is 1. The van der Waals surface area contributed by atoms with Crippen LogP contribution in [0.2, 0.25) is 0 Å². The number of aliphatic hydroxyl groups excluding tert-OH is 2. The topological polar surface area (TPSA) is 76.0 Å². The Morgan fingerprint density at radius 1 is 1.14 bits per heavy atom. The van der Waals surface area contributed by atoms with Crippen LogP contribution >= 0.6 is 0 Å². The molecule has 5 heteroatoms. The normalized spacial score (nSPS) is 15.1. The van der Waals surface area contributed by atoms with E-state index >= 15 is 0 Å². The first-order chi connectivity index (χ1) is 10.6. The molecule has 0 fully saturated rings. The molecule has 1 aromatic rings. The maximum Gasteiger partial charge on any atom is 0.338 e. The van der Waals surface area contributed by atoms with E-state index in [1.165, 1.54) is 0 Å². The number of unbranched alkanes of at least 4 members (excludes halogenated alkanes) is 1. The molecule has 1 rings (SSSR count). The molecule has 1 unspecified atom stereocenters. The van der Waals surface area contributed by atoms with Crippen LogP contribution in [-0.2, 0) is 9.47 Å². The summed E-state index contributed by atoms with van der Waals surface area (Å²) in [4.78, 5) is 11.8. The van der Waals surface area contributed by atoms with Crippen LogP contribution < -0.4 is 0 Å². The lowest BCUT2D eigenvalue weighted by Gasteiger charge is -2.27. The number of carbonyl (C=O) groups excluding carboxylic acids is 1. The summed E-state index contributed by atoms with van der Waals surface area (Å²) in [6.45, 7) is 4.10. The molecule has 3 atom stereocenters. The fourth-order valence-electron chi connectivity index (χ4n) is 1.99. The number of hydrogen-bond acceptors (Lipinski definition) is 5. The summed E-state index contributed by atoms with van der Waals surface area (Å²) in [5, 5.41) is 20.1. The zero-order valence-electron chi connectivity index (χ0n) is 13.3. The molecule has 0 spiro atoms. The van der Waals surface area contributed by atoms with Gasteiger partial charge in [0.1, 0.15) is 18.8 Å². The number of esters is 1. The van der Waals surface area contributed by atoms with Crippen molar-refractivity contribution in [1.29, 1.82) is 0 Å². The van der Waals surface area contributed by atoms with Gasteiger partial charge in [-0.15, -0.1) is 0 Å². The number of rotatable bonds is 10. The van der Waals surface area contributed by atoms with Gasteiger partial charge in [0.2, 0.25) is 0 Å². The zero-order valence-corrected chi connectivity index (χ0v) is 13.3. The van der Waals surface area contributed by atoms with Crippen molar-refractivity contribution in [3.8, 4) is 0 Å². The van der Waals surface area contributed by atoms with Crippen molar-refractivity contribution in [3.63, 3.8) is 0 Å². The summed E-state index contributed by atoms with van der Waals surface area (Å²) in [5.41, 5.74) is 0.425. The zero-order chi connectivity index (χ0) is 16.4. The maximum atomic E-state index is 11.8. The van der Waals surface area contributed by atoms with Crippen molar-refractivity contribution in [3.05, 3.63) is 35.9 Å². The Labute approximate surface area is 131 Å². The first-order valence-corrected chi connectivity index (χ1v) is 7.80. The van der Waals surface area contributed by atoms with Gasteiger partial charge in [0, 0.05) is 6.61 Å². The first-order valence-electron chi connectivity index (χ1n) is 7.80. The monoisotopic (exact) mass is 310 g/mol. The van der Waals surface area contributed by atoms with Gasteiger partial charge in [-0.3, -0.25) is 0 Å². The van der Waals surface area contributed by atoms with Crippen LogP contribution in [0, 0.1) is 0 Å². The molecule has 0 aliphatic carbocycles. The lowest BCUT2D eigenvalue weighted by atomic mass is 10.1. The van der Waals surface area contributed by atoms with E-state index in [1.54, 1.807) is 30.3 Å². The summed E-state index contributed by atoms with van der Waals surface area (Å²) < 4.78 is 10.6. The lowest BCUT2D eigenvalue weighted by molar-refractivity contribution is -0.115. The quantitative estimate of drug-likeness (QED) is 0.511. The molecule has 0 saturated heterocycles. The van der Waals surface area contributed by atoms with Crippen molar-refractivity contribution in [2.24, 2.45) is 0 Å². The third-order valence-electron chi connectivity index (χ3n) is 3.38. The molecule has 5 nitrogen and oxygen atoms in total. The SMILES string of the molecule is CCCCO[C@H](C(O)CC)[C@H](O)COC(=O)c1ccccc1. The summed E-state index contributed by atoms with van der Waals surface area (Å²) in [5.74, 6) is -0.502. The van der Waals surface area contributed by atoms with E-state index in [2.05, 4.69) is 0 Å². The van der Waals surface area contributed by atoms with Gasteiger partial charge in [0.25, 0.3) is 0 Å². The molecule has 0 bridgehead atoms. The highest BCUT2D eigenvalue weighted by Gasteiger charge is 2.28. The van der Waals surface area contributed by atoms with Gasteiger partial charge in [-0.05, 0) is 25.0 Å². The fraction of sp³-hybridized carbons (Fsp3) is 0.588. The minimum Gasteiger partial charge on any atom is -0.459 e. The average molecular weight is 310 g/mol. The average Bonchev–Trinajstić information content (AvgIpc) is 2.56. The summed E-state index contributed by atoms with van der Waals surface area (Å²) in [7, 11) is 0. The van der Waals surface area contributed by atoms with Gasteiger partial charge in [-0.25, -0.2) is 4.79 Å². The van der Waals surface area contributed by atoms with Gasteiger partial charge in [-0.2, -0.15) is 0 Å². The Morgan fingerprint density at radius 3 is 2.41 bits per heavy atom. The molecular formula is C17H26O5. The molecule has 0 saturated carbocycles. The minimum absolute atomic E-state index is 0.207. The molecule has 124 valence electrons. The number of aliphatic hydroxyl groups is 2. The number of ether oxygens (including phenoxy) is 2. The van der Waals surface area contributed by atoms with E-state index in [0.717, 1.165) is 12.8 Å². The van der Waals surface area contributed by atoms with Crippen LogP contribution in [0.25, 0.3) is 0 Å². The summed E-state index contributed by atoms with van der Waals surface area (Å²) in [6.07, 6.45) is -0.320. The first kappa shape index (κ1) is 18.6. The van der Waals surface area contributed by atoms with Crippen LogP contribution in [-0.4, -0.2) is 47.7 Å². The van der Waals surface area contributed by atoms with E-state index in [1.807, 2.05) is 13.8 Å². The molecule has 0 aliphatic rings. The largest absolute Gasteiger partial charge is 0.459 e. The molecular weight excluding hydrogens is 284 g/mol. The van der Waals surface area contributed by atoms with E-state index in [0.29, 0.717) is 18.6 Å². The Morgan fingerprint density at radius 2 is 1.82 bits per heavy atom. The predicted octanol–water partition coefficient (Wildman–Crippen LogP) is 2.16. The van der Waals surface area contributed by atoms with Crippen LogP contribution in [0.3, 0.4) is 0 Å². The predicted molar refractivity (Wildman–Crippen MR) is 83.7 cm³/mol. The minimum atomic E-state index is -1.06. The van der Waals surface area contributed by atoms with E-state index in [4.69, 9.17) is 9.47 Å². The van der Waals surface area contributed by atoms with Gasteiger partial charge in [-0.1, -0.05) is 38.5 Å². The smallest absolute Gasteiger partial charge is 0.338 e. The third-order valence-corrected chi connectivity index (χ3v) is 3.38. The van der Waals surface area contributed by atoms with E-state index < -0.39 is 24.3 Å². The van der Waals surface area contributed by atoms with Gasteiger partial charge in [0.05, 0.1) is 11.7 Å². The van der Waals surface area contributed by atoms with Crippen molar-refractivity contribution < 1.29 is 24.5 Å². The fourth-order valence-corrected chi connectivity index (χ4v) is 1.99. The number of hydrogen-bond donors (Lipinski definition) is 2. The number of carbonyl (C=O) groups is 1. The Kier molecular flexibility index (Phi) is 8.74. The van der Waals surface area contributed by atoms with Crippen molar-refractivity contribution in [1.82, 2.24) is 0 Å². The Hall–Kier alpha value is -1.43. The third kappa shape index (κ3) is 6.13. The second-order valence-electron chi connectivity index (χ2n) is 5.20. The van der Waals surface area contributed by atoms with Crippen molar-refractivity contribution >= 4 is 5.97 Å². The Bertz CT molecular complexity index is 420. The van der Waals surface area contributed by atoms with Crippen LogP contribution in [0.4, 0.5) is 0 Å². The van der Waals surface area contributed by atoms with Gasteiger partial charge >= 0.3 is 5.97 Å². The standard InChI is InChI=1S/C17H26O5/c1-3-5-11-21-16(14(18)4-2)15(19)12-22-17(20)13-9-7-6-8-10-13/h6-10,14-16,18-19H,3-5,11-12H2,1-2H3/t14?,15-,16-/m1/s1. The molecule has 0 heterocycles. The molecule has 2 N–H and O–H groups in total. The molecule has 22 heavy (non-hydrogen) atoms. The van der Waals surface area contributed by atoms with Crippen LogP contribution in [0.5, 0.6) is 0 Å². The summed E-state index contributed by atoms with van der Waals surface area (Å²) in [6, 6.07) is 8.57. The highest BCUT2D eigenvalue weighted by atomic mass is 16.6. The van der Waals surface area contributed by atoms with Gasteiger partial charge in [0.15, 0.2) is 0 Å². The van der Waals surface area contributed by atoms with Crippen LogP contribution in [0.15, 0.2) is 30.3 Å².